The Morgan fingerprint density at radius 2 is 1.78 bits per heavy atom. The van der Waals surface area contributed by atoms with Crippen molar-refractivity contribution in [1.29, 1.82) is 0 Å². The van der Waals surface area contributed by atoms with Gasteiger partial charge in [-0.05, 0) is 54.2 Å². The molecule has 0 unspecified atom stereocenters. The summed E-state index contributed by atoms with van der Waals surface area (Å²) in [4.78, 5) is 13.9. The number of thioether (sulfide) groups is 1. The zero-order valence-electron chi connectivity index (χ0n) is 12.5. The van der Waals surface area contributed by atoms with Gasteiger partial charge in [0, 0.05) is 29.7 Å². The molecule has 2 rings (SSSR count). The summed E-state index contributed by atoms with van der Waals surface area (Å²) in [7, 11) is -0.395. The van der Waals surface area contributed by atoms with Crippen LogP contribution < -0.4 is 4.72 Å². The van der Waals surface area contributed by atoms with Crippen molar-refractivity contribution in [3.8, 4) is 0 Å². The van der Waals surface area contributed by atoms with Crippen molar-refractivity contribution in [2.75, 3.05) is 18.8 Å². The van der Waals surface area contributed by atoms with Crippen LogP contribution in [0.25, 0.3) is 0 Å². The van der Waals surface area contributed by atoms with Crippen LogP contribution in [0.15, 0.2) is 58.3 Å². The molecule has 122 valence electrons. The van der Waals surface area contributed by atoms with Gasteiger partial charge in [0.2, 0.25) is 0 Å². The van der Waals surface area contributed by atoms with Crippen molar-refractivity contribution >= 4 is 44.3 Å². The van der Waals surface area contributed by atoms with Gasteiger partial charge < -0.3 is 4.90 Å². The van der Waals surface area contributed by atoms with E-state index in [1.165, 1.54) is 29.2 Å². The van der Waals surface area contributed by atoms with Crippen LogP contribution in [0.4, 0.5) is 10.5 Å². The Kier molecular flexibility index (Phi) is 5.56. The summed E-state index contributed by atoms with van der Waals surface area (Å²) in [6.45, 7) is 0. The molecule has 5 nitrogen and oxygen atoms in total. The first-order chi connectivity index (χ1) is 10.8. The van der Waals surface area contributed by atoms with E-state index in [4.69, 9.17) is 11.6 Å². The number of anilines is 1. The summed E-state index contributed by atoms with van der Waals surface area (Å²) in [5.41, 5.74) is 0.386. The lowest BCUT2D eigenvalue weighted by atomic mass is 10.3. The molecular formula is C15H15ClN2O3S2. The lowest BCUT2D eigenvalue weighted by Crippen LogP contribution is -2.16. The number of halogens is 1. The first kappa shape index (κ1) is 17.7. The molecule has 0 spiro atoms. The molecule has 23 heavy (non-hydrogen) atoms. The molecule has 0 radical (unpaired) electrons. The van der Waals surface area contributed by atoms with Crippen LogP contribution in [0.2, 0.25) is 5.02 Å². The summed E-state index contributed by atoms with van der Waals surface area (Å²) in [5.74, 6) is 0. The quantitative estimate of drug-likeness (QED) is 0.828. The van der Waals surface area contributed by atoms with Crippen molar-refractivity contribution in [2.24, 2.45) is 0 Å². The monoisotopic (exact) mass is 370 g/mol. The summed E-state index contributed by atoms with van der Waals surface area (Å²) in [6.07, 6.45) is 0. The van der Waals surface area contributed by atoms with Gasteiger partial charge in [-0.25, -0.2) is 8.42 Å². The zero-order chi connectivity index (χ0) is 17.0. The highest BCUT2D eigenvalue weighted by Crippen LogP contribution is 2.25. The Balaban J connectivity index is 2.19. The number of rotatable bonds is 4. The number of carbonyl (C=O) groups excluding carboxylic acids is 1. The van der Waals surface area contributed by atoms with Gasteiger partial charge in [0.05, 0.1) is 4.90 Å². The van der Waals surface area contributed by atoms with Crippen molar-refractivity contribution in [3.05, 3.63) is 53.6 Å². The molecule has 0 atom stereocenters. The van der Waals surface area contributed by atoms with Gasteiger partial charge in [0.25, 0.3) is 15.3 Å². The summed E-state index contributed by atoms with van der Waals surface area (Å²) in [6, 6.07) is 12.5. The van der Waals surface area contributed by atoms with E-state index in [0.717, 1.165) is 11.8 Å². The lowest BCUT2D eigenvalue weighted by molar-refractivity contribution is 0.241. The molecule has 0 aliphatic heterocycles. The van der Waals surface area contributed by atoms with Crippen LogP contribution >= 0.6 is 23.4 Å². The second kappa shape index (κ2) is 7.25. The normalized spacial score (nSPS) is 11.1. The molecule has 0 saturated heterocycles. The van der Waals surface area contributed by atoms with Gasteiger partial charge in [-0.2, -0.15) is 0 Å². The lowest BCUT2D eigenvalue weighted by Gasteiger charge is -2.11. The van der Waals surface area contributed by atoms with Gasteiger partial charge >= 0.3 is 0 Å². The minimum Gasteiger partial charge on any atom is -0.339 e. The number of benzene rings is 2. The van der Waals surface area contributed by atoms with Crippen LogP contribution in [0.5, 0.6) is 0 Å². The molecule has 0 aliphatic carbocycles. The van der Waals surface area contributed by atoms with Crippen LogP contribution in [-0.2, 0) is 10.0 Å². The fraction of sp³-hybridized carbons (Fsp3) is 0.133. The van der Waals surface area contributed by atoms with Gasteiger partial charge in [-0.1, -0.05) is 17.7 Å². The molecule has 2 aromatic rings. The highest BCUT2D eigenvalue weighted by atomic mass is 35.5. The highest BCUT2D eigenvalue weighted by molar-refractivity contribution is 8.13. The topological polar surface area (TPSA) is 66.5 Å². The Bertz CT molecular complexity index is 806. The third-order valence-electron chi connectivity index (χ3n) is 2.78. The van der Waals surface area contributed by atoms with Crippen molar-refractivity contribution < 1.29 is 13.2 Å². The Morgan fingerprint density at radius 1 is 1.13 bits per heavy atom. The van der Waals surface area contributed by atoms with Gasteiger partial charge in [-0.3, -0.25) is 9.52 Å². The molecule has 2 aromatic carbocycles. The van der Waals surface area contributed by atoms with Crippen LogP contribution in [0.3, 0.4) is 0 Å². The number of amides is 1. The fourth-order valence-corrected chi connectivity index (χ4v) is 3.54. The minimum atomic E-state index is -3.70. The molecule has 0 aliphatic rings. The number of nitrogens with one attached hydrogen (secondary N) is 1. The second-order valence-corrected chi connectivity index (χ2v) is 7.99. The molecule has 1 N–H and O–H groups in total. The van der Waals surface area contributed by atoms with E-state index in [0.29, 0.717) is 15.6 Å². The van der Waals surface area contributed by atoms with Crippen LogP contribution in [0, 0.1) is 0 Å². The number of hydrogen-bond donors (Lipinski definition) is 1. The minimum absolute atomic E-state index is 0.115. The molecule has 0 fully saturated rings. The molecule has 0 bridgehead atoms. The average molecular weight is 371 g/mol. The van der Waals surface area contributed by atoms with E-state index >= 15 is 0 Å². The zero-order valence-corrected chi connectivity index (χ0v) is 14.9. The van der Waals surface area contributed by atoms with Crippen molar-refractivity contribution in [2.45, 2.75) is 9.79 Å². The molecule has 8 heteroatoms. The van der Waals surface area contributed by atoms with E-state index in [2.05, 4.69) is 4.72 Å². The van der Waals surface area contributed by atoms with E-state index < -0.39 is 10.0 Å². The predicted molar refractivity (Wildman–Crippen MR) is 93.6 cm³/mol. The smallest absolute Gasteiger partial charge is 0.285 e. The van der Waals surface area contributed by atoms with Gasteiger partial charge in [0.15, 0.2) is 0 Å². The summed E-state index contributed by atoms with van der Waals surface area (Å²) < 4.78 is 27.1. The Morgan fingerprint density at radius 3 is 2.39 bits per heavy atom. The highest BCUT2D eigenvalue weighted by Gasteiger charge is 2.15. The van der Waals surface area contributed by atoms with E-state index in [-0.39, 0.29) is 10.1 Å². The van der Waals surface area contributed by atoms with Crippen LogP contribution in [0.1, 0.15) is 0 Å². The molecular weight excluding hydrogens is 356 g/mol. The van der Waals surface area contributed by atoms with Crippen LogP contribution in [-0.4, -0.2) is 32.7 Å². The number of nitrogens with zero attached hydrogens (tertiary/aromatic N) is 1. The summed E-state index contributed by atoms with van der Waals surface area (Å²) >= 11 is 6.79. The Hall–Kier alpha value is -1.70. The molecule has 0 heterocycles. The second-order valence-electron chi connectivity index (χ2n) is 4.85. The predicted octanol–water partition coefficient (Wildman–Crippen LogP) is 3.91. The third-order valence-corrected chi connectivity index (χ3v) is 5.46. The third kappa shape index (κ3) is 4.89. The maximum Gasteiger partial charge on any atom is 0.285 e. The van der Waals surface area contributed by atoms with E-state index in [9.17, 15) is 13.2 Å². The van der Waals surface area contributed by atoms with E-state index in [1.54, 1.807) is 38.4 Å². The number of sulfonamides is 1. The molecule has 0 aromatic heterocycles. The summed E-state index contributed by atoms with van der Waals surface area (Å²) in [5, 5.41) is 0.326. The first-order valence-electron chi connectivity index (χ1n) is 6.55. The number of carbonyl (C=O) groups is 1. The van der Waals surface area contributed by atoms with Gasteiger partial charge in [-0.15, -0.1) is 0 Å². The fourth-order valence-electron chi connectivity index (χ4n) is 1.64. The molecule has 1 amide bonds. The van der Waals surface area contributed by atoms with Crippen molar-refractivity contribution in [1.82, 2.24) is 4.90 Å². The maximum absolute atomic E-state index is 12.3. The Labute approximate surface area is 144 Å². The molecule has 0 saturated carbocycles. The average Bonchev–Trinajstić information content (AvgIpc) is 2.47. The van der Waals surface area contributed by atoms with E-state index in [1.807, 2.05) is 0 Å². The number of hydrogen-bond acceptors (Lipinski definition) is 4. The van der Waals surface area contributed by atoms with Gasteiger partial charge in [0.1, 0.15) is 0 Å². The standard InChI is InChI=1S/C15H15ClN2O3S2/c1-18(2)15(19)22-13-5-3-4-12(10-13)17-23(20,21)14-8-6-11(16)7-9-14/h3-10,17H,1-2H3. The maximum atomic E-state index is 12.3. The largest absolute Gasteiger partial charge is 0.339 e. The van der Waals surface area contributed by atoms with Crippen molar-refractivity contribution in [3.63, 3.8) is 0 Å². The SMILES string of the molecule is CN(C)C(=O)Sc1cccc(NS(=O)(=O)c2ccc(Cl)cc2)c1. The first-order valence-corrected chi connectivity index (χ1v) is 9.23.